The van der Waals surface area contributed by atoms with Crippen molar-refractivity contribution in [2.45, 2.75) is 6.18 Å². The number of nitriles is 1. The second-order valence-electron chi connectivity index (χ2n) is 3.51. The predicted molar refractivity (Wildman–Crippen MR) is 68.6 cm³/mol. The largest absolute Gasteiger partial charge is 0.466 e. The van der Waals surface area contributed by atoms with Crippen LogP contribution >= 0.6 is 15.9 Å². The van der Waals surface area contributed by atoms with Crippen molar-refractivity contribution in [1.29, 1.82) is 5.26 Å². The number of esters is 1. The Labute approximate surface area is 121 Å². The molecule has 0 aliphatic rings. The van der Waals surface area contributed by atoms with Gasteiger partial charge in [0, 0.05) is 4.47 Å². The summed E-state index contributed by atoms with van der Waals surface area (Å²) in [5.74, 6) is -1.13. The summed E-state index contributed by atoms with van der Waals surface area (Å²) in [5, 5.41) is 10.8. The molecule has 4 nitrogen and oxygen atoms in total. The van der Waals surface area contributed by atoms with E-state index in [9.17, 15) is 18.0 Å². The zero-order valence-corrected chi connectivity index (χ0v) is 11.7. The summed E-state index contributed by atoms with van der Waals surface area (Å²) in [4.78, 5) is 11.0. The number of benzene rings is 1. The summed E-state index contributed by atoms with van der Waals surface area (Å²) in [6, 6.07) is 5.84. The van der Waals surface area contributed by atoms with Gasteiger partial charge in [-0.1, -0.05) is 0 Å². The molecule has 0 heterocycles. The smallest absolute Gasteiger partial charge is 0.431 e. The molecular weight excluding hydrogens is 341 g/mol. The Balaban J connectivity index is 3.12. The van der Waals surface area contributed by atoms with E-state index in [1.54, 1.807) is 0 Å². The quantitative estimate of drug-likeness (QED) is 0.672. The average molecular weight is 349 g/mol. The fourth-order valence-corrected chi connectivity index (χ4v) is 1.67. The zero-order valence-electron chi connectivity index (χ0n) is 10.1. The van der Waals surface area contributed by atoms with Gasteiger partial charge < -0.3 is 10.1 Å². The molecule has 0 radical (unpaired) electrons. The molecule has 106 valence electrons. The van der Waals surface area contributed by atoms with Crippen LogP contribution in [0.1, 0.15) is 5.56 Å². The lowest BCUT2D eigenvalue weighted by atomic mass is 10.2. The van der Waals surface area contributed by atoms with Crippen LogP contribution in [0.3, 0.4) is 0 Å². The number of alkyl halides is 3. The van der Waals surface area contributed by atoms with Gasteiger partial charge in [-0.3, -0.25) is 0 Å². The van der Waals surface area contributed by atoms with E-state index in [1.807, 2.05) is 6.07 Å². The van der Waals surface area contributed by atoms with Gasteiger partial charge in [-0.25, -0.2) is 4.79 Å². The fraction of sp³-hybridized carbons (Fsp3) is 0.167. The van der Waals surface area contributed by atoms with E-state index in [1.165, 1.54) is 18.2 Å². The van der Waals surface area contributed by atoms with Gasteiger partial charge in [0.1, 0.15) is 5.70 Å². The number of carbonyl (C=O) groups excluding carboxylic acids is 1. The van der Waals surface area contributed by atoms with Crippen molar-refractivity contribution < 1.29 is 22.7 Å². The van der Waals surface area contributed by atoms with Crippen LogP contribution in [0.4, 0.5) is 18.9 Å². The Morgan fingerprint density at radius 1 is 1.50 bits per heavy atom. The minimum absolute atomic E-state index is 0.0662. The minimum Gasteiger partial charge on any atom is -0.466 e. The summed E-state index contributed by atoms with van der Waals surface area (Å²) in [6.45, 7) is 0. The molecule has 0 unspecified atom stereocenters. The molecule has 0 fully saturated rings. The standard InChI is InChI=1S/C12H8BrF3N2O2/c1-20-11(19)5-10(12(14,15)16)18-9-3-2-7(6-17)4-8(9)13/h2-5,18H,1H3/b10-5+. The van der Waals surface area contributed by atoms with Gasteiger partial charge in [0.05, 0.1) is 30.5 Å². The number of hydrogen-bond acceptors (Lipinski definition) is 4. The molecule has 0 aromatic heterocycles. The van der Waals surface area contributed by atoms with Crippen molar-refractivity contribution in [3.63, 3.8) is 0 Å². The lowest BCUT2D eigenvalue weighted by molar-refractivity contribution is -0.135. The maximum absolute atomic E-state index is 12.8. The topological polar surface area (TPSA) is 62.1 Å². The summed E-state index contributed by atoms with van der Waals surface area (Å²) in [7, 11) is 0.977. The van der Waals surface area contributed by atoms with Gasteiger partial charge in [0.15, 0.2) is 0 Å². The summed E-state index contributed by atoms with van der Waals surface area (Å²) in [5.41, 5.74) is -0.917. The molecular formula is C12H8BrF3N2O2. The van der Waals surface area contributed by atoms with Gasteiger partial charge >= 0.3 is 12.1 Å². The first-order chi connectivity index (χ1) is 9.27. The molecule has 0 saturated heterocycles. The van der Waals surface area contributed by atoms with E-state index in [-0.39, 0.29) is 15.7 Å². The highest BCUT2D eigenvalue weighted by atomic mass is 79.9. The number of nitrogens with zero attached hydrogens (tertiary/aromatic N) is 1. The Morgan fingerprint density at radius 2 is 2.15 bits per heavy atom. The summed E-state index contributed by atoms with van der Waals surface area (Å²) in [6.07, 6.45) is -4.44. The Bertz CT molecular complexity index is 591. The van der Waals surface area contributed by atoms with Crippen molar-refractivity contribution in [3.05, 3.63) is 40.0 Å². The molecule has 8 heteroatoms. The van der Waals surface area contributed by atoms with Crippen molar-refractivity contribution in [1.82, 2.24) is 0 Å². The third-order valence-corrected chi connectivity index (χ3v) is 2.79. The van der Waals surface area contributed by atoms with Gasteiger partial charge in [0.2, 0.25) is 0 Å². The Kier molecular flexibility index (Phi) is 5.16. The number of ether oxygens (including phenoxy) is 1. The molecule has 1 aromatic rings. The molecule has 1 N–H and O–H groups in total. The number of anilines is 1. The fourth-order valence-electron chi connectivity index (χ4n) is 1.20. The van der Waals surface area contributed by atoms with Crippen LogP contribution < -0.4 is 5.32 Å². The van der Waals surface area contributed by atoms with Gasteiger partial charge in [0.25, 0.3) is 0 Å². The summed E-state index contributed by atoms with van der Waals surface area (Å²) < 4.78 is 42.8. The zero-order chi connectivity index (χ0) is 15.3. The minimum atomic E-state index is -4.75. The van der Waals surface area contributed by atoms with Crippen LogP contribution in [0.15, 0.2) is 34.4 Å². The number of carbonyl (C=O) groups is 1. The van der Waals surface area contributed by atoms with E-state index in [0.717, 1.165) is 7.11 Å². The molecule has 0 saturated carbocycles. The first kappa shape index (κ1) is 16.0. The molecule has 0 amide bonds. The second kappa shape index (κ2) is 6.43. The van der Waals surface area contributed by atoms with Crippen LogP contribution in [0.5, 0.6) is 0 Å². The van der Waals surface area contributed by atoms with Crippen molar-refractivity contribution >= 4 is 27.6 Å². The Hall–Kier alpha value is -2.01. The predicted octanol–water partition coefficient (Wildman–Crippen LogP) is 3.35. The average Bonchev–Trinajstić information content (AvgIpc) is 2.38. The van der Waals surface area contributed by atoms with Crippen molar-refractivity contribution in [2.75, 3.05) is 12.4 Å². The first-order valence-electron chi connectivity index (χ1n) is 5.11. The van der Waals surface area contributed by atoms with Crippen molar-refractivity contribution in [2.24, 2.45) is 0 Å². The van der Waals surface area contributed by atoms with E-state index in [0.29, 0.717) is 6.08 Å². The van der Waals surface area contributed by atoms with Crippen LogP contribution in [0, 0.1) is 11.3 Å². The lowest BCUT2D eigenvalue weighted by Gasteiger charge is -2.15. The maximum Gasteiger partial charge on any atom is 0.431 e. The highest BCUT2D eigenvalue weighted by Gasteiger charge is 2.35. The first-order valence-corrected chi connectivity index (χ1v) is 5.90. The monoisotopic (exact) mass is 348 g/mol. The van der Waals surface area contributed by atoms with Gasteiger partial charge in [-0.15, -0.1) is 0 Å². The molecule has 1 aromatic carbocycles. The number of hydrogen-bond donors (Lipinski definition) is 1. The van der Waals surface area contributed by atoms with Crippen LogP contribution in [-0.2, 0) is 9.53 Å². The second-order valence-corrected chi connectivity index (χ2v) is 4.36. The molecule has 20 heavy (non-hydrogen) atoms. The molecule has 0 atom stereocenters. The number of halogens is 4. The van der Waals surface area contributed by atoms with Gasteiger partial charge in [-0.05, 0) is 34.1 Å². The van der Waals surface area contributed by atoms with Crippen LogP contribution in [0.2, 0.25) is 0 Å². The third-order valence-electron chi connectivity index (χ3n) is 2.14. The Morgan fingerprint density at radius 3 is 2.60 bits per heavy atom. The van der Waals surface area contributed by atoms with Crippen LogP contribution in [-0.4, -0.2) is 19.3 Å². The molecule has 0 spiro atoms. The van der Waals surface area contributed by atoms with Gasteiger partial charge in [-0.2, -0.15) is 18.4 Å². The highest BCUT2D eigenvalue weighted by molar-refractivity contribution is 9.10. The molecule has 1 rings (SSSR count). The molecule has 0 aliphatic carbocycles. The molecule has 0 bridgehead atoms. The number of methoxy groups -OCH3 is 1. The SMILES string of the molecule is COC(=O)/C=C(/Nc1ccc(C#N)cc1Br)C(F)(F)F. The van der Waals surface area contributed by atoms with E-state index in [4.69, 9.17) is 5.26 Å². The number of nitrogens with one attached hydrogen (secondary N) is 1. The number of rotatable bonds is 3. The third kappa shape index (κ3) is 4.28. The maximum atomic E-state index is 12.8. The van der Waals surface area contributed by atoms with Crippen molar-refractivity contribution in [3.8, 4) is 6.07 Å². The number of allylic oxidation sites excluding steroid dienone is 1. The van der Waals surface area contributed by atoms with Crippen LogP contribution in [0.25, 0.3) is 0 Å². The summed E-state index contributed by atoms with van der Waals surface area (Å²) >= 11 is 3.04. The highest BCUT2D eigenvalue weighted by Crippen LogP contribution is 2.31. The van der Waals surface area contributed by atoms with E-state index >= 15 is 0 Å². The lowest BCUT2D eigenvalue weighted by Crippen LogP contribution is -2.21. The molecule has 0 aliphatic heterocycles. The van der Waals surface area contributed by atoms with E-state index in [2.05, 4.69) is 26.0 Å². The normalized spacial score (nSPS) is 11.7. The van der Waals surface area contributed by atoms with E-state index < -0.39 is 17.8 Å².